The Morgan fingerprint density at radius 3 is 0.938 bits per heavy atom. The fraction of sp³-hybridized carbons (Fsp3) is 0. The Bertz CT molecular complexity index is 316. The monoisotopic (exact) mass is 248 g/mol. The molecule has 4 heteroatoms. The van der Waals surface area contributed by atoms with Gasteiger partial charge < -0.3 is 10.2 Å². The van der Waals surface area contributed by atoms with Crippen molar-refractivity contribution < 1.29 is 91.2 Å². The van der Waals surface area contributed by atoms with Gasteiger partial charge in [-0.15, -0.1) is 11.5 Å². The fourth-order valence-electron chi connectivity index (χ4n) is 0.841. The fourth-order valence-corrected chi connectivity index (χ4v) is 0.841. The maximum absolute atomic E-state index is 10.3. The quantitative estimate of drug-likeness (QED) is 0.441. The molecule has 2 nitrogen and oxygen atoms in total. The average Bonchev–Trinajstić information content (AvgIpc) is 2.21. The van der Waals surface area contributed by atoms with Crippen LogP contribution in [0, 0.1) is 0 Å². The predicted molar refractivity (Wildman–Crippen MR) is 51.8 cm³/mol. The third-order valence-corrected chi connectivity index (χ3v) is 1.49. The van der Waals surface area contributed by atoms with Gasteiger partial charge in [0.2, 0.25) is 0 Å². The standard InChI is InChI=1S/2C6H6O.K.Na/c2*7-6-4-2-1-3-5-6;;/h2*1-5,7H;;/q;;2*+1/p-2. The van der Waals surface area contributed by atoms with Gasteiger partial charge in [-0.2, -0.15) is 0 Å². The van der Waals surface area contributed by atoms with Crippen LogP contribution in [0.2, 0.25) is 0 Å². The van der Waals surface area contributed by atoms with Gasteiger partial charge in [-0.3, -0.25) is 0 Å². The van der Waals surface area contributed by atoms with Gasteiger partial charge in [-0.05, 0) is 0 Å². The summed E-state index contributed by atoms with van der Waals surface area (Å²) in [6, 6.07) is 16.7. The van der Waals surface area contributed by atoms with Gasteiger partial charge in [0.25, 0.3) is 0 Å². The topological polar surface area (TPSA) is 46.1 Å². The molecule has 0 aliphatic carbocycles. The predicted octanol–water partition coefficient (Wildman–Crippen LogP) is -4.47. The number of hydrogen-bond acceptors (Lipinski definition) is 2. The number of hydrogen-bond donors (Lipinski definition) is 0. The molecular weight excluding hydrogens is 238 g/mol. The molecule has 16 heavy (non-hydrogen) atoms. The van der Waals surface area contributed by atoms with Crippen LogP contribution in [0.1, 0.15) is 0 Å². The Morgan fingerprint density at radius 2 is 0.812 bits per heavy atom. The van der Waals surface area contributed by atoms with E-state index in [0.29, 0.717) is 0 Å². The number of rotatable bonds is 0. The Morgan fingerprint density at radius 1 is 0.562 bits per heavy atom. The molecular formula is C12H10KNaO2. The summed E-state index contributed by atoms with van der Waals surface area (Å²) in [6.45, 7) is 0. The van der Waals surface area contributed by atoms with E-state index in [-0.39, 0.29) is 92.4 Å². The van der Waals surface area contributed by atoms with Crippen LogP contribution in [0.5, 0.6) is 11.5 Å². The van der Waals surface area contributed by atoms with E-state index in [2.05, 4.69) is 0 Å². The zero-order chi connectivity index (χ0) is 10.2. The SMILES string of the molecule is [K+].[Na+].[O-]c1ccccc1.[O-]c1ccccc1. The molecule has 0 aromatic heterocycles. The van der Waals surface area contributed by atoms with E-state index in [1.807, 2.05) is 12.1 Å². The van der Waals surface area contributed by atoms with Crippen molar-refractivity contribution in [2.24, 2.45) is 0 Å². The molecule has 0 spiro atoms. The van der Waals surface area contributed by atoms with Crippen molar-refractivity contribution in [3.63, 3.8) is 0 Å². The third-order valence-electron chi connectivity index (χ3n) is 1.49. The molecule has 0 aliphatic rings. The van der Waals surface area contributed by atoms with E-state index in [1.165, 1.54) is 24.3 Å². The molecule has 2 aromatic rings. The van der Waals surface area contributed by atoms with Crippen LogP contribution in [0.3, 0.4) is 0 Å². The minimum Gasteiger partial charge on any atom is -0.872 e. The van der Waals surface area contributed by atoms with Crippen LogP contribution in [0.15, 0.2) is 60.7 Å². The van der Waals surface area contributed by atoms with Gasteiger partial charge in [0.05, 0.1) is 0 Å². The molecule has 0 heterocycles. The van der Waals surface area contributed by atoms with E-state index in [9.17, 15) is 10.2 Å². The molecule has 72 valence electrons. The Hall–Kier alpha value is 0.676. The third kappa shape index (κ3) is 9.87. The van der Waals surface area contributed by atoms with Gasteiger partial charge in [0.15, 0.2) is 0 Å². The van der Waals surface area contributed by atoms with Crippen LogP contribution >= 0.6 is 0 Å². The molecule has 2 rings (SSSR count). The first kappa shape index (κ1) is 19.0. The van der Waals surface area contributed by atoms with E-state index in [0.717, 1.165) is 0 Å². The van der Waals surface area contributed by atoms with Crippen molar-refractivity contribution in [3.8, 4) is 11.5 Å². The van der Waals surface area contributed by atoms with E-state index >= 15 is 0 Å². The molecule has 0 saturated heterocycles. The van der Waals surface area contributed by atoms with Crippen molar-refractivity contribution >= 4 is 0 Å². The molecule has 0 bridgehead atoms. The van der Waals surface area contributed by atoms with Gasteiger partial charge in [-0.1, -0.05) is 60.7 Å². The summed E-state index contributed by atoms with van der Waals surface area (Å²) < 4.78 is 0. The second-order valence-corrected chi connectivity index (χ2v) is 2.63. The van der Waals surface area contributed by atoms with E-state index < -0.39 is 0 Å². The summed E-state index contributed by atoms with van der Waals surface area (Å²) in [4.78, 5) is 0. The van der Waals surface area contributed by atoms with Crippen LogP contribution in [-0.4, -0.2) is 0 Å². The maximum Gasteiger partial charge on any atom is 1.00 e. The smallest absolute Gasteiger partial charge is 0.872 e. The first-order valence-corrected chi connectivity index (χ1v) is 4.23. The summed E-state index contributed by atoms with van der Waals surface area (Å²) >= 11 is 0. The van der Waals surface area contributed by atoms with Crippen molar-refractivity contribution in [2.45, 2.75) is 0 Å². The van der Waals surface area contributed by atoms with Crippen LogP contribution in [0.4, 0.5) is 0 Å². The number of benzene rings is 2. The molecule has 0 atom stereocenters. The van der Waals surface area contributed by atoms with Crippen LogP contribution < -0.4 is 91.2 Å². The van der Waals surface area contributed by atoms with Crippen molar-refractivity contribution in [3.05, 3.63) is 60.7 Å². The molecule has 0 fully saturated rings. The number of para-hydroxylation sites is 2. The van der Waals surface area contributed by atoms with Crippen LogP contribution in [0.25, 0.3) is 0 Å². The van der Waals surface area contributed by atoms with Gasteiger partial charge in [0.1, 0.15) is 0 Å². The van der Waals surface area contributed by atoms with Crippen LogP contribution in [-0.2, 0) is 0 Å². The molecule has 0 aliphatic heterocycles. The van der Waals surface area contributed by atoms with Gasteiger partial charge in [0, 0.05) is 0 Å². The van der Waals surface area contributed by atoms with E-state index in [1.54, 1.807) is 24.3 Å². The largest absolute Gasteiger partial charge is 1.00 e. The maximum atomic E-state index is 10.3. The zero-order valence-corrected chi connectivity index (χ0v) is 14.7. The minimum absolute atomic E-state index is 0. The minimum atomic E-state index is 0. The second-order valence-electron chi connectivity index (χ2n) is 2.63. The first-order chi connectivity index (χ1) is 6.79. The van der Waals surface area contributed by atoms with Gasteiger partial charge >= 0.3 is 80.9 Å². The molecule has 0 radical (unpaired) electrons. The molecule has 0 saturated carbocycles. The Labute approximate surface area is 160 Å². The molecule has 0 amide bonds. The normalized spacial score (nSPS) is 7.50. The molecule has 0 N–H and O–H groups in total. The summed E-state index contributed by atoms with van der Waals surface area (Å²) in [5, 5.41) is 20.5. The Balaban J connectivity index is 0. The Kier molecular flexibility index (Phi) is 14.4. The van der Waals surface area contributed by atoms with E-state index in [4.69, 9.17) is 0 Å². The van der Waals surface area contributed by atoms with Crippen molar-refractivity contribution in [1.82, 2.24) is 0 Å². The summed E-state index contributed by atoms with van der Waals surface area (Å²) in [6.07, 6.45) is 0. The first-order valence-electron chi connectivity index (χ1n) is 4.23. The molecule has 2 aromatic carbocycles. The zero-order valence-electron chi connectivity index (χ0n) is 9.59. The second kappa shape index (κ2) is 12.1. The van der Waals surface area contributed by atoms with Crippen molar-refractivity contribution in [1.29, 1.82) is 0 Å². The summed E-state index contributed by atoms with van der Waals surface area (Å²) in [5.74, 6) is 0.144. The molecule has 0 unspecified atom stereocenters. The summed E-state index contributed by atoms with van der Waals surface area (Å²) in [5.41, 5.74) is 0. The van der Waals surface area contributed by atoms with Gasteiger partial charge in [-0.25, -0.2) is 0 Å². The summed E-state index contributed by atoms with van der Waals surface area (Å²) in [7, 11) is 0. The average molecular weight is 248 g/mol. The van der Waals surface area contributed by atoms with Crippen molar-refractivity contribution in [2.75, 3.05) is 0 Å².